The van der Waals surface area contributed by atoms with E-state index in [0.717, 1.165) is 5.01 Å². The van der Waals surface area contributed by atoms with Gasteiger partial charge in [-0.3, -0.25) is 0 Å². The van der Waals surface area contributed by atoms with Crippen LogP contribution in [0.1, 0.15) is 5.01 Å². The maximum atomic E-state index is 12.0. The van der Waals surface area contributed by atoms with E-state index in [9.17, 15) is 13.2 Å². The van der Waals surface area contributed by atoms with Crippen molar-refractivity contribution >= 4 is 23.0 Å². The van der Waals surface area contributed by atoms with Gasteiger partial charge in [-0.15, -0.1) is 24.5 Å². The highest BCUT2D eigenvalue weighted by Crippen LogP contribution is 2.23. The second kappa shape index (κ2) is 6.44. The fourth-order valence-corrected chi connectivity index (χ4v) is 1.95. The molecule has 9 heteroatoms. The number of aromatic nitrogens is 1. The van der Waals surface area contributed by atoms with Crippen LogP contribution in [0.15, 0.2) is 40.8 Å². The van der Waals surface area contributed by atoms with Crippen molar-refractivity contribution in [3.05, 3.63) is 40.8 Å². The number of guanidine groups is 1. The number of benzene rings is 1. The highest BCUT2D eigenvalue weighted by molar-refractivity contribution is 7.09. The molecule has 0 radical (unpaired) electrons. The van der Waals surface area contributed by atoms with Crippen LogP contribution < -0.4 is 15.8 Å². The maximum Gasteiger partial charge on any atom is 0.573 e. The monoisotopic (exact) mass is 316 g/mol. The number of ether oxygens (including phenoxy) is 1. The first-order valence-electron chi connectivity index (χ1n) is 5.73. The van der Waals surface area contributed by atoms with E-state index in [1.54, 1.807) is 6.20 Å². The summed E-state index contributed by atoms with van der Waals surface area (Å²) in [4.78, 5) is 8.11. The Balaban J connectivity index is 1.92. The van der Waals surface area contributed by atoms with Gasteiger partial charge in [0, 0.05) is 17.3 Å². The first-order valence-corrected chi connectivity index (χ1v) is 6.61. The van der Waals surface area contributed by atoms with E-state index in [4.69, 9.17) is 5.73 Å². The molecule has 0 saturated carbocycles. The van der Waals surface area contributed by atoms with Gasteiger partial charge >= 0.3 is 6.36 Å². The molecule has 0 aliphatic heterocycles. The summed E-state index contributed by atoms with van der Waals surface area (Å²) in [5.74, 6) is -0.152. The van der Waals surface area contributed by atoms with Crippen molar-refractivity contribution < 1.29 is 17.9 Å². The predicted molar refractivity (Wildman–Crippen MR) is 74.2 cm³/mol. The van der Waals surface area contributed by atoms with E-state index in [-0.39, 0.29) is 11.7 Å². The predicted octanol–water partition coefficient (Wildman–Crippen LogP) is 2.97. The van der Waals surface area contributed by atoms with Crippen molar-refractivity contribution in [1.82, 2.24) is 4.98 Å². The number of thiazole rings is 1. The third-order valence-corrected chi connectivity index (χ3v) is 2.99. The summed E-state index contributed by atoms with van der Waals surface area (Å²) >= 11 is 1.45. The van der Waals surface area contributed by atoms with Crippen LogP contribution in [0.3, 0.4) is 0 Å². The molecule has 21 heavy (non-hydrogen) atoms. The Morgan fingerprint density at radius 3 is 2.62 bits per heavy atom. The van der Waals surface area contributed by atoms with Crippen LogP contribution in [-0.2, 0) is 6.54 Å². The molecule has 0 fully saturated rings. The topological polar surface area (TPSA) is 72.5 Å². The molecule has 112 valence electrons. The molecular weight excluding hydrogens is 305 g/mol. The average Bonchev–Trinajstić information content (AvgIpc) is 2.90. The van der Waals surface area contributed by atoms with Crippen molar-refractivity contribution in [2.75, 3.05) is 5.32 Å². The summed E-state index contributed by atoms with van der Waals surface area (Å²) in [7, 11) is 0. The lowest BCUT2D eigenvalue weighted by molar-refractivity contribution is -0.274. The van der Waals surface area contributed by atoms with Gasteiger partial charge in [-0.05, 0) is 24.3 Å². The molecule has 2 rings (SSSR count). The van der Waals surface area contributed by atoms with Crippen molar-refractivity contribution in [1.29, 1.82) is 0 Å². The van der Waals surface area contributed by atoms with Gasteiger partial charge in [-0.1, -0.05) is 0 Å². The summed E-state index contributed by atoms with van der Waals surface area (Å²) in [5.41, 5.74) is 6.17. The Bertz CT molecular complexity index is 596. The summed E-state index contributed by atoms with van der Waals surface area (Å²) in [6.07, 6.45) is -3.04. The molecule has 5 nitrogen and oxygen atoms in total. The lowest BCUT2D eigenvalue weighted by Crippen LogP contribution is -2.22. The first-order chi connectivity index (χ1) is 9.92. The molecule has 0 aliphatic carbocycles. The maximum absolute atomic E-state index is 12.0. The number of anilines is 1. The molecule has 0 bridgehead atoms. The van der Waals surface area contributed by atoms with Gasteiger partial charge in [-0.2, -0.15) is 0 Å². The quantitative estimate of drug-likeness (QED) is 0.672. The Morgan fingerprint density at radius 1 is 1.33 bits per heavy atom. The van der Waals surface area contributed by atoms with Gasteiger partial charge in [0.25, 0.3) is 0 Å². The molecule has 0 aliphatic rings. The van der Waals surface area contributed by atoms with Gasteiger partial charge < -0.3 is 15.8 Å². The van der Waals surface area contributed by atoms with Gasteiger partial charge in [0.15, 0.2) is 5.96 Å². The average molecular weight is 316 g/mol. The first kappa shape index (κ1) is 15.1. The second-order valence-electron chi connectivity index (χ2n) is 3.82. The van der Waals surface area contributed by atoms with Crippen LogP contribution in [0.2, 0.25) is 0 Å². The second-order valence-corrected chi connectivity index (χ2v) is 4.80. The highest BCUT2D eigenvalue weighted by atomic mass is 32.1. The van der Waals surface area contributed by atoms with Gasteiger partial charge in [0.05, 0.1) is 6.54 Å². The zero-order chi connectivity index (χ0) is 15.3. The Labute approximate surface area is 122 Å². The Kier molecular flexibility index (Phi) is 4.63. The Morgan fingerprint density at radius 2 is 2.05 bits per heavy atom. The number of aliphatic imine (C=N–C) groups is 1. The minimum Gasteiger partial charge on any atom is -0.406 e. The van der Waals surface area contributed by atoms with Gasteiger partial charge in [-0.25, -0.2) is 9.98 Å². The molecule has 0 amide bonds. The minimum absolute atomic E-state index is 0.148. The van der Waals surface area contributed by atoms with Crippen LogP contribution in [0.25, 0.3) is 0 Å². The van der Waals surface area contributed by atoms with Crippen LogP contribution >= 0.6 is 11.3 Å². The van der Waals surface area contributed by atoms with Gasteiger partial charge in [0.1, 0.15) is 10.8 Å². The Hall–Kier alpha value is -2.29. The minimum atomic E-state index is -4.71. The fraction of sp³-hybridized carbons (Fsp3) is 0.167. The lowest BCUT2D eigenvalue weighted by atomic mass is 10.3. The van der Waals surface area contributed by atoms with Crippen molar-refractivity contribution in [3.63, 3.8) is 0 Å². The smallest absolute Gasteiger partial charge is 0.406 e. The molecule has 1 aromatic heterocycles. The van der Waals surface area contributed by atoms with E-state index in [2.05, 4.69) is 20.0 Å². The number of hydrogen-bond donors (Lipinski definition) is 2. The number of hydrogen-bond acceptors (Lipinski definition) is 4. The molecule has 1 heterocycles. The summed E-state index contributed by atoms with van der Waals surface area (Å²) < 4.78 is 39.8. The van der Waals surface area contributed by atoms with E-state index in [0.29, 0.717) is 12.2 Å². The van der Waals surface area contributed by atoms with E-state index in [1.807, 2.05) is 5.38 Å². The van der Waals surface area contributed by atoms with E-state index in [1.165, 1.54) is 35.6 Å². The molecule has 0 spiro atoms. The summed E-state index contributed by atoms with van der Waals surface area (Å²) in [6, 6.07) is 5.19. The van der Waals surface area contributed by atoms with Crippen LogP contribution in [-0.4, -0.2) is 17.3 Å². The fourth-order valence-electron chi connectivity index (χ4n) is 1.41. The normalized spacial score (nSPS) is 12.2. The highest BCUT2D eigenvalue weighted by Gasteiger charge is 2.30. The molecular formula is C12H11F3N4OS. The number of nitrogens with two attached hydrogens (primary N) is 1. The van der Waals surface area contributed by atoms with Crippen LogP contribution in [0, 0.1) is 0 Å². The molecule has 0 saturated heterocycles. The number of rotatable bonds is 4. The number of nitrogens with zero attached hydrogens (tertiary/aromatic N) is 2. The number of nitrogens with one attached hydrogen (secondary N) is 1. The molecule has 0 atom stereocenters. The van der Waals surface area contributed by atoms with Crippen LogP contribution in [0.4, 0.5) is 18.9 Å². The molecule has 0 unspecified atom stereocenters. The standard InChI is InChI=1S/C12H11F3N4OS/c13-12(14,15)20-9-3-1-8(2-4-9)19-11(16)18-7-10-17-5-6-21-10/h1-6H,7H2,(H3,16,18,19). The third-order valence-electron chi connectivity index (χ3n) is 2.23. The zero-order valence-corrected chi connectivity index (χ0v) is 11.4. The van der Waals surface area contributed by atoms with E-state index < -0.39 is 6.36 Å². The molecule has 1 aromatic carbocycles. The van der Waals surface area contributed by atoms with E-state index >= 15 is 0 Å². The van der Waals surface area contributed by atoms with Crippen molar-refractivity contribution in [2.45, 2.75) is 12.9 Å². The SMILES string of the molecule is NC(=NCc1nccs1)Nc1ccc(OC(F)(F)F)cc1. The van der Waals surface area contributed by atoms with Crippen molar-refractivity contribution in [2.24, 2.45) is 10.7 Å². The third kappa shape index (κ3) is 5.30. The van der Waals surface area contributed by atoms with Gasteiger partial charge in [0.2, 0.25) is 0 Å². The number of alkyl halides is 3. The molecule has 3 N–H and O–H groups in total. The van der Waals surface area contributed by atoms with Crippen molar-refractivity contribution in [3.8, 4) is 5.75 Å². The summed E-state index contributed by atoms with van der Waals surface area (Å²) in [6.45, 7) is 0.339. The molecule has 2 aromatic rings. The zero-order valence-electron chi connectivity index (χ0n) is 10.6. The summed E-state index contributed by atoms with van der Waals surface area (Å²) in [5, 5.41) is 5.40. The number of halogens is 3. The largest absolute Gasteiger partial charge is 0.573 e. The van der Waals surface area contributed by atoms with Crippen LogP contribution in [0.5, 0.6) is 5.75 Å². The lowest BCUT2D eigenvalue weighted by Gasteiger charge is -2.10.